The van der Waals surface area contributed by atoms with Crippen LogP contribution in [0.2, 0.25) is 0 Å². The van der Waals surface area contributed by atoms with Gasteiger partial charge in [0.25, 0.3) is 11.8 Å². The molecular formula is C48H47N5O7. The fourth-order valence-corrected chi connectivity index (χ4v) is 8.60. The Balaban J connectivity index is 0.939. The molecule has 60 heavy (non-hydrogen) atoms. The zero-order chi connectivity index (χ0) is 41.5. The molecule has 0 radical (unpaired) electrons. The molecule has 0 N–H and O–H groups in total. The third-order valence-corrected chi connectivity index (χ3v) is 11.6. The van der Waals surface area contributed by atoms with E-state index in [1.165, 1.54) is 11.1 Å². The van der Waals surface area contributed by atoms with Crippen LogP contribution in [-0.2, 0) is 45.7 Å². The second-order valence-electron chi connectivity index (χ2n) is 15.9. The third kappa shape index (κ3) is 7.54. The van der Waals surface area contributed by atoms with E-state index in [-0.39, 0.29) is 37.1 Å². The van der Waals surface area contributed by atoms with E-state index in [2.05, 4.69) is 41.3 Å². The van der Waals surface area contributed by atoms with Gasteiger partial charge in [0.15, 0.2) is 23.0 Å². The number of fused-ring (bicyclic) bond motifs is 6. The summed E-state index contributed by atoms with van der Waals surface area (Å²) in [5.74, 6) is 2.44. The van der Waals surface area contributed by atoms with E-state index in [0.717, 1.165) is 33.6 Å². The first-order chi connectivity index (χ1) is 29.2. The van der Waals surface area contributed by atoms with Crippen LogP contribution in [0.4, 0.5) is 11.4 Å². The van der Waals surface area contributed by atoms with E-state index in [0.29, 0.717) is 78.0 Å². The quantitative estimate of drug-likeness (QED) is 0.135. The molecule has 12 heteroatoms. The number of amides is 2. The van der Waals surface area contributed by atoms with E-state index in [1.807, 2.05) is 60.6 Å². The Morgan fingerprint density at radius 2 is 1.10 bits per heavy atom. The smallest absolute Gasteiger partial charge is 0.257 e. The van der Waals surface area contributed by atoms with Gasteiger partial charge < -0.3 is 38.4 Å². The van der Waals surface area contributed by atoms with Crippen molar-refractivity contribution in [1.82, 2.24) is 14.7 Å². The highest BCUT2D eigenvalue weighted by molar-refractivity contribution is 6.04. The number of carbonyl (C=O) groups is 2. The molecule has 2 atom stereocenters. The summed E-state index contributed by atoms with van der Waals surface area (Å²) in [6, 6.07) is 27.3. The summed E-state index contributed by atoms with van der Waals surface area (Å²) < 4.78 is 29.9. The van der Waals surface area contributed by atoms with E-state index in [9.17, 15) is 9.59 Å². The Bertz CT molecular complexity index is 2570. The Hall–Kier alpha value is -6.66. The minimum absolute atomic E-state index is 0.0828. The summed E-state index contributed by atoms with van der Waals surface area (Å²) in [6.45, 7) is 2.15. The van der Waals surface area contributed by atoms with Crippen molar-refractivity contribution in [3.05, 3.63) is 135 Å². The normalized spacial score (nSPS) is 17.4. The van der Waals surface area contributed by atoms with E-state index < -0.39 is 0 Å². The molecule has 12 nitrogen and oxygen atoms in total. The predicted molar refractivity (Wildman–Crippen MR) is 229 cm³/mol. The van der Waals surface area contributed by atoms with Crippen LogP contribution in [0.25, 0.3) is 0 Å². The summed E-state index contributed by atoms with van der Waals surface area (Å²) >= 11 is 0. The number of nitrogens with zero attached hydrogens (tertiary/aromatic N) is 5. The lowest BCUT2D eigenvalue weighted by Crippen LogP contribution is -2.44. The van der Waals surface area contributed by atoms with Gasteiger partial charge in [-0.05, 0) is 96.2 Å². The van der Waals surface area contributed by atoms with Crippen molar-refractivity contribution in [2.45, 2.75) is 57.8 Å². The summed E-state index contributed by atoms with van der Waals surface area (Å²) in [5.41, 5.74) is 9.59. The fourth-order valence-electron chi connectivity index (χ4n) is 8.60. The van der Waals surface area contributed by atoms with Gasteiger partial charge in [-0.2, -0.15) is 0 Å². The molecule has 2 amide bonds. The summed E-state index contributed by atoms with van der Waals surface area (Å²) in [4.78, 5) is 43.4. The van der Waals surface area contributed by atoms with Crippen molar-refractivity contribution >= 4 is 35.6 Å². The molecular weight excluding hydrogens is 759 g/mol. The molecule has 0 aliphatic carbocycles. The van der Waals surface area contributed by atoms with Gasteiger partial charge in [-0.3, -0.25) is 19.6 Å². The molecule has 4 aliphatic rings. The largest absolute Gasteiger partial charge is 0.497 e. The van der Waals surface area contributed by atoms with Crippen molar-refractivity contribution in [2.75, 3.05) is 35.4 Å². The maximum atomic E-state index is 14.0. The first kappa shape index (κ1) is 38.8. The van der Waals surface area contributed by atoms with Gasteiger partial charge in [0.05, 0.1) is 55.9 Å². The Labute approximate surface area is 349 Å². The molecule has 9 rings (SSSR count). The highest BCUT2D eigenvalue weighted by Crippen LogP contribution is 2.41. The number of carbonyl (C=O) groups excluding carboxylic acids is 2. The molecule has 5 aromatic rings. The van der Waals surface area contributed by atoms with Gasteiger partial charge in [0.1, 0.15) is 19.0 Å². The molecule has 0 fully saturated rings. The molecule has 0 unspecified atom stereocenters. The number of hydrogen-bond donors (Lipinski definition) is 0. The molecule has 0 spiro atoms. The van der Waals surface area contributed by atoms with Gasteiger partial charge in [0, 0.05) is 44.2 Å². The van der Waals surface area contributed by atoms with Crippen molar-refractivity contribution in [3.8, 4) is 28.7 Å². The molecule has 306 valence electrons. The fraction of sp³-hybridized carbons (Fsp3) is 0.292. The van der Waals surface area contributed by atoms with Crippen LogP contribution < -0.4 is 23.7 Å². The highest BCUT2D eigenvalue weighted by atomic mass is 16.5. The topological polar surface area (TPSA) is 115 Å². The van der Waals surface area contributed by atoms with Gasteiger partial charge in [-0.1, -0.05) is 42.5 Å². The summed E-state index contributed by atoms with van der Waals surface area (Å²) in [5, 5.41) is 0. The SMILES string of the molecule is COc1ccc2c(c1)CN1C(=O)c3cc(OC)c(OCc4cc(COc5cc6c(cc5OC)C(=O)N5Cc7ccccc7C[C@H]5C=N6)cc(CN(C)C)c4)cc3N=C[C@@H]1C2. The number of ether oxygens (including phenoxy) is 5. The van der Waals surface area contributed by atoms with Crippen LogP contribution in [0.1, 0.15) is 59.7 Å². The van der Waals surface area contributed by atoms with Crippen LogP contribution in [0.5, 0.6) is 28.7 Å². The third-order valence-electron chi connectivity index (χ3n) is 11.6. The average Bonchev–Trinajstić information content (AvgIpc) is 3.47. The molecule has 0 saturated heterocycles. The summed E-state index contributed by atoms with van der Waals surface area (Å²) in [6.07, 6.45) is 5.11. The van der Waals surface area contributed by atoms with Gasteiger partial charge in [-0.15, -0.1) is 0 Å². The van der Waals surface area contributed by atoms with Crippen LogP contribution in [0, 0.1) is 0 Å². The maximum absolute atomic E-state index is 14.0. The molecule has 4 heterocycles. The predicted octanol–water partition coefficient (Wildman–Crippen LogP) is 7.50. The Morgan fingerprint density at radius 3 is 1.63 bits per heavy atom. The van der Waals surface area contributed by atoms with Crippen LogP contribution in [0.15, 0.2) is 94.9 Å². The number of rotatable bonds is 11. The molecule has 0 saturated carbocycles. The lowest BCUT2D eigenvalue weighted by molar-refractivity contribution is 0.0695. The number of hydrogen-bond acceptors (Lipinski definition) is 10. The lowest BCUT2D eigenvalue weighted by Gasteiger charge is -2.34. The van der Waals surface area contributed by atoms with Gasteiger partial charge >= 0.3 is 0 Å². The summed E-state index contributed by atoms with van der Waals surface area (Å²) in [7, 11) is 8.84. The highest BCUT2D eigenvalue weighted by Gasteiger charge is 2.35. The first-order valence-electron chi connectivity index (χ1n) is 20.1. The molecule has 5 aromatic carbocycles. The number of benzene rings is 5. The number of aliphatic imine (C=N–C) groups is 2. The van der Waals surface area contributed by atoms with E-state index in [1.54, 1.807) is 45.6 Å². The van der Waals surface area contributed by atoms with Crippen LogP contribution >= 0.6 is 0 Å². The second-order valence-corrected chi connectivity index (χ2v) is 15.9. The zero-order valence-corrected chi connectivity index (χ0v) is 34.4. The average molecular weight is 806 g/mol. The minimum Gasteiger partial charge on any atom is -0.497 e. The minimum atomic E-state index is -0.178. The van der Waals surface area contributed by atoms with Crippen LogP contribution in [-0.4, -0.2) is 86.5 Å². The molecule has 4 aliphatic heterocycles. The van der Waals surface area contributed by atoms with E-state index in [4.69, 9.17) is 33.7 Å². The Kier molecular flexibility index (Phi) is 10.5. The van der Waals surface area contributed by atoms with Crippen molar-refractivity contribution in [2.24, 2.45) is 9.98 Å². The first-order valence-corrected chi connectivity index (χ1v) is 20.1. The number of methoxy groups -OCH3 is 3. The molecule has 0 aromatic heterocycles. The maximum Gasteiger partial charge on any atom is 0.257 e. The van der Waals surface area contributed by atoms with Crippen molar-refractivity contribution in [3.63, 3.8) is 0 Å². The second kappa shape index (κ2) is 16.2. The van der Waals surface area contributed by atoms with Crippen molar-refractivity contribution in [1.29, 1.82) is 0 Å². The molecule has 0 bridgehead atoms. The monoisotopic (exact) mass is 805 g/mol. The Morgan fingerprint density at radius 1 is 0.583 bits per heavy atom. The van der Waals surface area contributed by atoms with Crippen LogP contribution in [0.3, 0.4) is 0 Å². The van der Waals surface area contributed by atoms with E-state index >= 15 is 0 Å². The standard InChI is InChI=1S/C48H47N5O7/c1-51(2)24-29-12-30(27-59-45-20-41-39(18-43(45)57-4)47(54)52-25-34-9-7-6-8-32(34)15-36(52)22-49-41)14-31(13-29)28-60-46-21-42-40(19-44(46)58-5)48(55)53-26-35-17-38(56-3)11-10-33(35)16-37(53)23-50-42/h6-14,17-23,36-37H,15-16,24-28H2,1-5H3/t36-,37-/m0/s1. The zero-order valence-electron chi connectivity index (χ0n) is 34.4. The lowest BCUT2D eigenvalue weighted by atomic mass is 9.94. The van der Waals surface area contributed by atoms with Gasteiger partial charge in [-0.25, -0.2) is 0 Å². The van der Waals surface area contributed by atoms with Crippen molar-refractivity contribution < 1.29 is 33.3 Å². The van der Waals surface area contributed by atoms with Gasteiger partial charge in [0.2, 0.25) is 0 Å².